The van der Waals surface area contributed by atoms with E-state index in [0.717, 1.165) is 22.6 Å². The van der Waals surface area contributed by atoms with Crippen molar-refractivity contribution >= 4 is 11.9 Å². The molecule has 0 aromatic heterocycles. The Balaban J connectivity index is 1.48. The second kappa shape index (κ2) is 10.1. The average Bonchev–Trinajstić information content (AvgIpc) is 2.75. The number of carbonyl (C=O) groups excluding carboxylic acids is 1. The first-order valence-electron chi connectivity index (χ1n) is 9.51. The quantitative estimate of drug-likeness (QED) is 0.558. The zero-order valence-electron chi connectivity index (χ0n) is 16.0. The molecular formula is C24H23NO4. The third-order valence-electron chi connectivity index (χ3n) is 4.42. The zero-order chi connectivity index (χ0) is 20.5. The highest BCUT2D eigenvalue weighted by atomic mass is 16.5. The Kier molecular flexibility index (Phi) is 7.00. The van der Waals surface area contributed by atoms with Gasteiger partial charge in [-0.15, -0.1) is 0 Å². The van der Waals surface area contributed by atoms with E-state index in [2.05, 4.69) is 17.4 Å². The Morgan fingerprint density at radius 3 is 1.97 bits per heavy atom. The number of aliphatic carboxylic acids is 1. The molecule has 1 amide bonds. The summed E-state index contributed by atoms with van der Waals surface area (Å²) >= 11 is 0. The average molecular weight is 389 g/mol. The van der Waals surface area contributed by atoms with Crippen LogP contribution in [0.15, 0.2) is 78.9 Å². The largest absolute Gasteiger partial charge is 0.481 e. The van der Waals surface area contributed by atoms with Crippen molar-refractivity contribution in [1.29, 1.82) is 0 Å². The van der Waals surface area contributed by atoms with E-state index in [9.17, 15) is 9.59 Å². The maximum atomic E-state index is 11.5. The first-order chi connectivity index (χ1) is 14.1. The molecule has 0 radical (unpaired) electrons. The van der Waals surface area contributed by atoms with Gasteiger partial charge in [0.1, 0.15) is 11.5 Å². The van der Waals surface area contributed by atoms with Crippen molar-refractivity contribution in [2.24, 2.45) is 0 Å². The van der Waals surface area contributed by atoms with Gasteiger partial charge < -0.3 is 15.2 Å². The Bertz CT molecular complexity index is 935. The van der Waals surface area contributed by atoms with E-state index in [4.69, 9.17) is 9.84 Å². The predicted octanol–water partition coefficient (Wildman–Crippen LogP) is 4.67. The van der Waals surface area contributed by atoms with Crippen molar-refractivity contribution in [1.82, 2.24) is 5.32 Å². The van der Waals surface area contributed by atoms with Gasteiger partial charge in [0.05, 0.1) is 6.42 Å². The molecule has 3 aromatic rings. The second-order valence-electron chi connectivity index (χ2n) is 6.63. The van der Waals surface area contributed by atoms with Crippen molar-refractivity contribution in [2.75, 3.05) is 6.54 Å². The SMILES string of the molecule is O=C(O)CCC(=O)NCCc1ccc(Oc2ccc(-c3ccccc3)cc2)cc1. The van der Waals surface area contributed by atoms with Crippen LogP contribution >= 0.6 is 0 Å². The molecule has 0 unspecified atom stereocenters. The fraction of sp³-hybridized carbons (Fsp3) is 0.167. The number of nitrogens with one attached hydrogen (secondary N) is 1. The molecule has 3 rings (SSSR count). The molecule has 0 atom stereocenters. The monoisotopic (exact) mass is 389 g/mol. The third-order valence-corrected chi connectivity index (χ3v) is 4.42. The molecule has 0 aliphatic rings. The van der Waals surface area contributed by atoms with Crippen LogP contribution in [-0.4, -0.2) is 23.5 Å². The summed E-state index contributed by atoms with van der Waals surface area (Å²) in [5.41, 5.74) is 3.37. The number of rotatable bonds is 9. The highest BCUT2D eigenvalue weighted by molar-refractivity contribution is 5.80. The Labute approximate surface area is 170 Å². The Hall–Kier alpha value is -3.60. The predicted molar refractivity (Wildman–Crippen MR) is 112 cm³/mol. The van der Waals surface area contributed by atoms with Gasteiger partial charge in [-0.05, 0) is 47.4 Å². The summed E-state index contributed by atoms with van der Waals surface area (Å²) in [7, 11) is 0. The number of carbonyl (C=O) groups is 2. The van der Waals surface area contributed by atoms with Crippen LogP contribution in [-0.2, 0) is 16.0 Å². The summed E-state index contributed by atoms with van der Waals surface area (Å²) in [6.07, 6.45) is 0.528. The van der Waals surface area contributed by atoms with Crippen molar-refractivity contribution in [3.63, 3.8) is 0 Å². The molecule has 0 fully saturated rings. The first-order valence-corrected chi connectivity index (χ1v) is 9.51. The van der Waals surface area contributed by atoms with E-state index in [1.807, 2.05) is 66.7 Å². The van der Waals surface area contributed by atoms with Gasteiger partial charge >= 0.3 is 5.97 Å². The van der Waals surface area contributed by atoms with Crippen molar-refractivity contribution in [3.05, 3.63) is 84.4 Å². The highest BCUT2D eigenvalue weighted by Gasteiger charge is 2.05. The van der Waals surface area contributed by atoms with Crippen molar-refractivity contribution in [3.8, 4) is 22.6 Å². The summed E-state index contributed by atoms with van der Waals surface area (Å²) < 4.78 is 5.90. The molecule has 0 saturated carbocycles. The smallest absolute Gasteiger partial charge is 0.303 e. The molecule has 0 bridgehead atoms. The van der Waals surface area contributed by atoms with Crippen LogP contribution in [0.1, 0.15) is 18.4 Å². The lowest BCUT2D eigenvalue weighted by Gasteiger charge is -2.09. The van der Waals surface area contributed by atoms with Crippen LogP contribution in [0.25, 0.3) is 11.1 Å². The second-order valence-corrected chi connectivity index (χ2v) is 6.63. The van der Waals surface area contributed by atoms with E-state index < -0.39 is 5.97 Å². The molecule has 0 saturated heterocycles. The number of benzene rings is 3. The van der Waals surface area contributed by atoms with Gasteiger partial charge in [0.15, 0.2) is 0 Å². The third kappa shape index (κ3) is 6.50. The summed E-state index contributed by atoms with van der Waals surface area (Å²) in [6, 6.07) is 25.8. The minimum absolute atomic E-state index is 0.00513. The number of hydrogen-bond donors (Lipinski definition) is 2. The van der Waals surface area contributed by atoms with Crippen molar-refractivity contribution in [2.45, 2.75) is 19.3 Å². The number of carboxylic acid groups (broad SMARTS) is 1. The standard InChI is InChI=1S/C24H23NO4/c26-23(14-15-24(27)28)25-17-16-18-6-10-21(11-7-18)29-22-12-8-20(9-13-22)19-4-2-1-3-5-19/h1-13H,14-17H2,(H,25,26)(H,27,28). The maximum absolute atomic E-state index is 11.5. The number of ether oxygens (including phenoxy) is 1. The number of amides is 1. The molecular weight excluding hydrogens is 366 g/mol. The van der Waals surface area contributed by atoms with Crippen LogP contribution in [0.4, 0.5) is 0 Å². The minimum Gasteiger partial charge on any atom is -0.481 e. The van der Waals surface area contributed by atoms with Gasteiger partial charge in [-0.25, -0.2) is 0 Å². The lowest BCUT2D eigenvalue weighted by atomic mass is 10.1. The number of hydrogen-bond acceptors (Lipinski definition) is 3. The lowest BCUT2D eigenvalue weighted by Crippen LogP contribution is -2.25. The van der Waals surface area contributed by atoms with Gasteiger partial charge in [0.2, 0.25) is 5.91 Å². The maximum Gasteiger partial charge on any atom is 0.303 e. The first kappa shape index (κ1) is 20.1. The van der Waals surface area contributed by atoms with Crippen LogP contribution in [0.5, 0.6) is 11.5 Å². The summed E-state index contributed by atoms with van der Waals surface area (Å²) in [5, 5.41) is 11.3. The van der Waals surface area contributed by atoms with Gasteiger partial charge in [-0.1, -0.05) is 54.6 Å². The van der Waals surface area contributed by atoms with Crippen LogP contribution in [0.2, 0.25) is 0 Å². The van der Waals surface area contributed by atoms with Gasteiger partial charge in [-0.3, -0.25) is 9.59 Å². The molecule has 0 aliphatic heterocycles. The summed E-state index contributed by atoms with van der Waals surface area (Å²) in [4.78, 5) is 22.0. The van der Waals surface area contributed by atoms with E-state index >= 15 is 0 Å². The fourth-order valence-electron chi connectivity index (χ4n) is 2.86. The zero-order valence-corrected chi connectivity index (χ0v) is 16.0. The van der Waals surface area contributed by atoms with E-state index in [1.54, 1.807) is 0 Å². The van der Waals surface area contributed by atoms with Gasteiger partial charge in [0, 0.05) is 13.0 Å². The van der Waals surface area contributed by atoms with Gasteiger partial charge in [0.25, 0.3) is 0 Å². The Morgan fingerprint density at radius 2 is 1.34 bits per heavy atom. The molecule has 148 valence electrons. The minimum atomic E-state index is -0.967. The topological polar surface area (TPSA) is 75.6 Å². The molecule has 0 spiro atoms. The normalized spacial score (nSPS) is 10.3. The molecule has 5 heteroatoms. The Morgan fingerprint density at radius 1 is 0.759 bits per heavy atom. The van der Waals surface area contributed by atoms with Crippen LogP contribution in [0, 0.1) is 0 Å². The number of carboxylic acids is 1. The molecule has 2 N–H and O–H groups in total. The van der Waals surface area contributed by atoms with Crippen LogP contribution in [0.3, 0.4) is 0 Å². The summed E-state index contributed by atoms with van der Waals surface area (Å²) in [6.45, 7) is 0.472. The van der Waals surface area contributed by atoms with E-state index in [0.29, 0.717) is 13.0 Å². The molecule has 3 aromatic carbocycles. The summed E-state index contributed by atoms with van der Waals surface area (Å²) in [5.74, 6) is 0.298. The van der Waals surface area contributed by atoms with E-state index in [-0.39, 0.29) is 18.7 Å². The molecule has 29 heavy (non-hydrogen) atoms. The van der Waals surface area contributed by atoms with Crippen molar-refractivity contribution < 1.29 is 19.4 Å². The van der Waals surface area contributed by atoms with E-state index in [1.165, 1.54) is 5.56 Å². The molecule has 0 aliphatic carbocycles. The lowest BCUT2D eigenvalue weighted by molar-refractivity contribution is -0.138. The van der Waals surface area contributed by atoms with Gasteiger partial charge in [-0.2, -0.15) is 0 Å². The molecule has 5 nitrogen and oxygen atoms in total. The van der Waals surface area contributed by atoms with Crippen LogP contribution < -0.4 is 10.1 Å². The molecule has 0 heterocycles. The fourth-order valence-corrected chi connectivity index (χ4v) is 2.86. The highest BCUT2D eigenvalue weighted by Crippen LogP contribution is 2.26.